The Bertz CT molecular complexity index is 673. The van der Waals surface area contributed by atoms with Crippen molar-refractivity contribution < 1.29 is 49.0 Å². The molecule has 1 aromatic carbocycles. The first-order valence-corrected chi connectivity index (χ1v) is 11.0. The molecule has 0 amide bonds. The maximum atomic E-state index is 13.0. The number of hydrogen-bond donors (Lipinski definition) is 1. The van der Waals surface area contributed by atoms with Crippen molar-refractivity contribution in [2.45, 2.75) is 37.3 Å². The summed E-state index contributed by atoms with van der Waals surface area (Å²) < 4.78 is 123. The number of anilines is 1. The highest BCUT2D eigenvalue weighted by Gasteiger charge is 2.77. The monoisotopic (exact) mass is 455 g/mol. The van der Waals surface area contributed by atoms with Gasteiger partial charge in [0.2, 0.25) is 0 Å². The lowest BCUT2D eigenvalue weighted by Crippen LogP contribution is -2.63. The largest absolute Gasteiger partial charge is 0.453 e. The minimum Gasteiger partial charge on any atom is -0.363 e. The summed E-state index contributed by atoms with van der Waals surface area (Å²) in [5.41, 5.74) is 1.82. The van der Waals surface area contributed by atoms with Gasteiger partial charge in [-0.1, -0.05) is 36.1 Å². The third-order valence-corrected chi connectivity index (χ3v) is 6.73. The predicted molar refractivity (Wildman–Crippen MR) is 90.2 cm³/mol. The van der Waals surface area contributed by atoms with Gasteiger partial charge in [-0.2, -0.15) is 35.1 Å². The summed E-state index contributed by atoms with van der Waals surface area (Å²) in [5, 5.41) is 2.97. The lowest BCUT2D eigenvalue weighted by Gasteiger charge is -2.37. The van der Waals surface area contributed by atoms with Gasteiger partial charge >= 0.3 is 24.2 Å². The molecule has 166 valence electrons. The Hall–Kier alpha value is -1.73. The molecule has 0 aromatic heterocycles. The molecule has 1 aromatic rings. The van der Waals surface area contributed by atoms with Gasteiger partial charge in [-0.15, -0.1) is 6.58 Å². The number of nitrogens with one attached hydrogen (secondary N) is 1. The summed E-state index contributed by atoms with van der Waals surface area (Å²) in [6, 6.07) is 5.89. The van der Waals surface area contributed by atoms with Gasteiger partial charge in [0.25, 0.3) is 0 Å². The van der Waals surface area contributed by atoms with Crippen molar-refractivity contribution in [3.8, 4) is 0 Å². The Morgan fingerprint density at radius 2 is 1.45 bits per heavy atom. The van der Waals surface area contributed by atoms with E-state index in [4.69, 9.17) is 0 Å². The molecule has 29 heavy (non-hydrogen) atoms. The number of alkyl halides is 9. The average molecular weight is 455 g/mol. The molecule has 13 heteroatoms. The van der Waals surface area contributed by atoms with E-state index in [9.17, 15) is 39.5 Å². The number of rotatable bonds is 9. The molecule has 0 heterocycles. The summed E-state index contributed by atoms with van der Waals surface area (Å²) in [5.74, 6) is -5.74. The molecular formula is C16H18F9NO2Si. The lowest BCUT2D eigenvalue weighted by molar-refractivity contribution is -0.512. The third kappa shape index (κ3) is 5.89. The number of halogens is 9. The van der Waals surface area contributed by atoms with E-state index in [1.165, 1.54) is 12.1 Å². The van der Waals surface area contributed by atoms with Crippen LogP contribution >= 0.6 is 0 Å². The highest BCUT2D eigenvalue weighted by Crippen LogP contribution is 2.49. The van der Waals surface area contributed by atoms with E-state index in [1.807, 2.05) is 13.1 Å². The van der Waals surface area contributed by atoms with E-state index < -0.39 is 45.7 Å². The molecule has 0 saturated carbocycles. The van der Waals surface area contributed by atoms with Crippen molar-refractivity contribution in [2.75, 3.05) is 18.7 Å². The first-order chi connectivity index (χ1) is 13.0. The van der Waals surface area contributed by atoms with Gasteiger partial charge < -0.3 is 10.1 Å². The molecule has 0 bridgehead atoms. The first kappa shape index (κ1) is 25.3. The third-order valence-electron chi connectivity index (χ3n) is 3.89. The normalized spacial score (nSPS) is 14.0. The Kier molecular flexibility index (Phi) is 7.47. The topological polar surface area (TPSA) is 30.5 Å². The van der Waals surface area contributed by atoms with Crippen molar-refractivity contribution in [2.24, 2.45) is 0 Å². The molecule has 0 saturated heterocycles. The summed E-state index contributed by atoms with van der Waals surface area (Å²) in [6.07, 6.45) is -18.3. The van der Waals surface area contributed by atoms with E-state index >= 15 is 0 Å². The summed E-state index contributed by atoms with van der Waals surface area (Å²) in [7, 11) is -1.95. The molecule has 3 nitrogen and oxygen atoms in total. The van der Waals surface area contributed by atoms with Crippen molar-refractivity contribution in [3.05, 3.63) is 36.5 Å². The van der Waals surface area contributed by atoms with Crippen LogP contribution in [0, 0.1) is 0 Å². The SMILES string of the molecule is C=C[Si](C)(C)c1ccc(NCOC(OC(F)(F)CF)(C(F)(F)F)C(F)(F)F)cc1. The van der Waals surface area contributed by atoms with Gasteiger partial charge in [0.05, 0.1) is 0 Å². The second-order valence-electron chi connectivity index (χ2n) is 6.45. The molecule has 0 spiro atoms. The zero-order chi connectivity index (χ0) is 22.7. The fourth-order valence-corrected chi connectivity index (χ4v) is 3.33. The fourth-order valence-electron chi connectivity index (χ4n) is 2.06. The zero-order valence-corrected chi connectivity index (χ0v) is 16.2. The average Bonchev–Trinajstić information content (AvgIpc) is 2.59. The molecule has 0 aliphatic carbocycles. The van der Waals surface area contributed by atoms with Crippen LogP contribution in [0.4, 0.5) is 45.2 Å². The Balaban J connectivity index is 3.06. The molecule has 0 fully saturated rings. The Morgan fingerprint density at radius 3 is 1.83 bits per heavy atom. The van der Waals surface area contributed by atoms with E-state index in [0.717, 1.165) is 5.19 Å². The molecular weight excluding hydrogens is 437 g/mol. The van der Waals surface area contributed by atoms with Crippen LogP contribution in [0.15, 0.2) is 36.5 Å². The van der Waals surface area contributed by atoms with Gasteiger partial charge in [-0.3, -0.25) is 4.74 Å². The minimum absolute atomic E-state index is 0.0538. The van der Waals surface area contributed by atoms with Crippen LogP contribution in [0.1, 0.15) is 0 Å². The maximum absolute atomic E-state index is 13.0. The molecule has 0 radical (unpaired) electrons. The van der Waals surface area contributed by atoms with E-state index in [0.29, 0.717) is 0 Å². The first-order valence-electron chi connectivity index (χ1n) is 7.91. The summed E-state index contributed by atoms with van der Waals surface area (Å²) in [6.45, 7) is 3.18. The fraction of sp³-hybridized carbons (Fsp3) is 0.500. The van der Waals surface area contributed by atoms with Crippen molar-refractivity contribution >= 4 is 18.9 Å². The zero-order valence-electron chi connectivity index (χ0n) is 15.2. The van der Waals surface area contributed by atoms with E-state index in [1.54, 1.807) is 17.8 Å². The van der Waals surface area contributed by atoms with Crippen LogP contribution in [-0.2, 0) is 9.47 Å². The van der Waals surface area contributed by atoms with Crippen molar-refractivity contribution in [3.63, 3.8) is 0 Å². The number of ether oxygens (including phenoxy) is 2. The van der Waals surface area contributed by atoms with Crippen LogP contribution in [0.25, 0.3) is 0 Å². The highest BCUT2D eigenvalue weighted by molar-refractivity contribution is 6.93. The van der Waals surface area contributed by atoms with Crippen LogP contribution in [0.2, 0.25) is 13.1 Å². The molecule has 0 atom stereocenters. The van der Waals surface area contributed by atoms with Gasteiger partial charge in [-0.25, -0.2) is 4.39 Å². The number of hydrogen-bond acceptors (Lipinski definition) is 3. The molecule has 1 N–H and O–H groups in total. The second-order valence-corrected chi connectivity index (χ2v) is 10.9. The van der Waals surface area contributed by atoms with Gasteiger partial charge in [0.1, 0.15) is 14.8 Å². The van der Waals surface area contributed by atoms with E-state index in [2.05, 4.69) is 21.4 Å². The predicted octanol–water partition coefficient (Wildman–Crippen LogP) is 5.11. The molecule has 0 aliphatic rings. The highest BCUT2D eigenvalue weighted by atomic mass is 28.3. The van der Waals surface area contributed by atoms with Crippen LogP contribution in [0.3, 0.4) is 0 Å². The van der Waals surface area contributed by atoms with Gasteiger partial charge in [0, 0.05) is 5.69 Å². The smallest absolute Gasteiger partial charge is 0.363 e. The van der Waals surface area contributed by atoms with Gasteiger partial charge in [0.15, 0.2) is 6.67 Å². The summed E-state index contributed by atoms with van der Waals surface area (Å²) >= 11 is 0. The minimum atomic E-state index is -6.48. The lowest BCUT2D eigenvalue weighted by atomic mass is 10.2. The van der Waals surface area contributed by atoms with E-state index in [-0.39, 0.29) is 5.69 Å². The van der Waals surface area contributed by atoms with Crippen molar-refractivity contribution in [1.29, 1.82) is 0 Å². The molecule has 0 unspecified atom stereocenters. The Labute approximate surface area is 161 Å². The van der Waals surface area contributed by atoms with Crippen LogP contribution < -0.4 is 10.5 Å². The van der Waals surface area contributed by atoms with Crippen LogP contribution in [-0.4, -0.2) is 45.7 Å². The summed E-state index contributed by atoms with van der Waals surface area (Å²) in [4.78, 5) is 0. The van der Waals surface area contributed by atoms with Crippen molar-refractivity contribution in [1.82, 2.24) is 0 Å². The van der Waals surface area contributed by atoms with Crippen LogP contribution in [0.5, 0.6) is 0 Å². The number of benzene rings is 1. The maximum Gasteiger partial charge on any atom is 0.453 e. The standard InChI is InChI=1S/C16H18F9NO2Si/c1-4-29(2,3)12-7-5-11(6-8-12)26-10-27-14(15(20,21)22,16(23,24)25)28-13(18,19)9-17/h4-8,26H,1,9-10H2,2-3H3. The Morgan fingerprint density at radius 1 is 0.966 bits per heavy atom. The molecule has 0 aliphatic heterocycles. The second kappa shape index (κ2) is 8.56. The quantitative estimate of drug-likeness (QED) is 0.319. The van der Waals surface area contributed by atoms with Gasteiger partial charge in [-0.05, 0) is 12.1 Å². The molecule has 1 rings (SSSR count).